The SMILES string of the molecule is NC(COP(=O)(O)O)C(=O)O.O=C(N[C@@H](Cc1ccccc1)C(=O)O)c1ccccc1.O=[PH](O)O. The number of carboxylic acids is 2. The molecule has 14 nitrogen and oxygen atoms in total. The molecule has 0 aromatic heterocycles. The smallest absolute Gasteiger partial charge is 0.469 e. The predicted octanol–water partition coefficient (Wildman–Crippen LogP) is -0.0194. The molecule has 2 aromatic carbocycles. The number of carboxylic acid groups (broad SMARTS) is 2. The van der Waals surface area contributed by atoms with E-state index in [1.54, 1.807) is 30.3 Å². The maximum absolute atomic E-state index is 12.0. The van der Waals surface area contributed by atoms with Crippen molar-refractivity contribution in [2.45, 2.75) is 18.5 Å². The first kappa shape index (κ1) is 32.1. The van der Waals surface area contributed by atoms with E-state index in [0.29, 0.717) is 5.56 Å². The zero-order chi connectivity index (χ0) is 27.0. The van der Waals surface area contributed by atoms with Crippen LogP contribution in [0.2, 0.25) is 0 Å². The highest BCUT2D eigenvalue weighted by Gasteiger charge is 2.21. The average molecular weight is 536 g/mol. The second-order valence-electron chi connectivity index (χ2n) is 6.43. The molecule has 2 rings (SSSR count). The van der Waals surface area contributed by atoms with E-state index in [0.717, 1.165) is 5.56 Å². The summed E-state index contributed by atoms with van der Waals surface area (Å²) in [7, 11) is -7.73. The number of rotatable bonds is 9. The maximum Gasteiger partial charge on any atom is 0.469 e. The molecule has 0 aliphatic carbocycles. The number of amides is 1. The molecule has 2 aromatic rings. The van der Waals surface area contributed by atoms with E-state index in [1.165, 1.54) is 0 Å². The van der Waals surface area contributed by atoms with Gasteiger partial charge in [-0.1, -0.05) is 48.5 Å². The van der Waals surface area contributed by atoms with Crippen LogP contribution in [-0.2, 0) is 29.7 Å². The zero-order valence-electron chi connectivity index (χ0n) is 18.0. The molecule has 1 amide bonds. The number of benzene rings is 2. The van der Waals surface area contributed by atoms with Gasteiger partial charge in [0.15, 0.2) is 0 Å². The Kier molecular flexibility index (Phi) is 15.3. The molecule has 0 radical (unpaired) electrons. The molecule has 194 valence electrons. The topological polar surface area (TPSA) is 254 Å². The summed E-state index contributed by atoms with van der Waals surface area (Å²) in [4.78, 5) is 63.7. The first-order valence-electron chi connectivity index (χ1n) is 9.46. The molecule has 0 heterocycles. The van der Waals surface area contributed by atoms with Crippen LogP contribution in [0.25, 0.3) is 0 Å². The van der Waals surface area contributed by atoms with Crippen molar-refractivity contribution in [3.05, 3.63) is 71.8 Å². The molecular formula is C19H26N2O12P2. The summed E-state index contributed by atoms with van der Waals surface area (Å²) in [6, 6.07) is 15.4. The quantitative estimate of drug-likeness (QED) is 0.196. The van der Waals surface area contributed by atoms with Gasteiger partial charge in [0.25, 0.3) is 5.91 Å². The Morgan fingerprint density at radius 3 is 1.80 bits per heavy atom. The molecule has 0 fully saturated rings. The first-order chi connectivity index (χ1) is 16.2. The second kappa shape index (κ2) is 16.7. The maximum atomic E-state index is 12.0. The lowest BCUT2D eigenvalue weighted by atomic mass is 10.1. The summed E-state index contributed by atoms with van der Waals surface area (Å²) in [5.74, 6) is -2.80. The molecule has 0 saturated carbocycles. The number of phosphoric acid groups is 1. The van der Waals surface area contributed by atoms with E-state index in [4.69, 9.17) is 35.0 Å². The molecule has 16 heteroatoms. The van der Waals surface area contributed by atoms with Gasteiger partial charge in [-0.2, -0.15) is 0 Å². The average Bonchev–Trinajstić information content (AvgIpc) is 2.77. The van der Waals surface area contributed by atoms with Crippen LogP contribution >= 0.6 is 16.1 Å². The fourth-order valence-corrected chi connectivity index (χ4v) is 2.48. The van der Waals surface area contributed by atoms with Gasteiger partial charge in [0.2, 0.25) is 0 Å². The van der Waals surface area contributed by atoms with Crippen molar-refractivity contribution >= 4 is 33.9 Å². The van der Waals surface area contributed by atoms with Crippen LogP contribution in [0.3, 0.4) is 0 Å². The van der Waals surface area contributed by atoms with Crippen LogP contribution in [0.4, 0.5) is 0 Å². The van der Waals surface area contributed by atoms with Crippen LogP contribution in [-0.4, -0.2) is 66.3 Å². The third kappa shape index (κ3) is 17.2. The Hall–Kier alpha value is -2.93. The van der Waals surface area contributed by atoms with Crippen molar-refractivity contribution in [3.63, 3.8) is 0 Å². The molecule has 0 aliphatic rings. The van der Waals surface area contributed by atoms with Gasteiger partial charge in [-0.05, 0) is 17.7 Å². The molecular weight excluding hydrogens is 510 g/mol. The van der Waals surface area contributed by atoms with Crippen LogP contribution in [0, 0.1) is 0 Å². The predicted molar refractivity (Wildman–Crippen MR) is 123 cm³/mol. The van der Waals surface area contributed by atoms with E-state index in [9.17, 15) is 24.1 Å². The van der Waals surface area contributed by atoms with Gasteiger partial charge in [-0.3, -0.25) is 18.7 Å². The van der Waals surface area contributed by atoms with Crippen LogP contribution < -0.4 is 11.1 Å². The molecule has 0 bridgehead atoms. The van der Waals surface area contributed by atoms with Gasteiger partial charge in [0.1, 0.15) is 12.1 Å². The van der Waals surface area contributed by atoms with Crippen molar-refractivity contribution in [2.24, 2.45) is 5.73 Å². The second-order valence-corrected chi connectivity index (χ2v) is 8.24. The Balaban J connectivity index is 0.000000651. The standard InChI is InChI=1S/C16H15NO3.C3H8NO6P.H3O3P/c18-15(13-9-5-2-6-10-13)17-14(16(19)20)11-12-7-3-1-4-8-12;4-2(3(5)6)1-10-11(7,8)9;1-4(2)3/h1-10,14H,11H2,(H,17,18)(H,19,20);2H,1,4H2,(H,5,6)(H2,7,8,9);4H,(H2,1,2,3)/t14-;;/m0../s1. The number of hydrogen-bond acceptors (Lipinski definition) is 7. The molecule has 0 spiro atoms. The van der Waals surface area contributed by atoms with Gasteiger partial charge in [0, 0.05) is 12.0 Å². The number of hydrogen-bond donors (Lipinski definition) is 8. The van der Waals surface area contributed by atoms with Crippen LogP contribution in [0.5, 0.6) is 0 Å². The summed E-state index contributed by atoms with van der Waals surface area (Å²) < 4.78 is 22.5. The number of aliphatic carboxylic acids is 2. The molecule has 0 saturated heterocycles. The summed E-state index contributed by atoms with van der Waals surface area (Å²) in [6.07, 6.45) is 0.259. The van der Waals surface area contributed by atoms with Gasteiger partial charge < -0.3 is 40.8 Å². The van der Waals surface area contributed by atoms with Crippen molar-refractivity contribution < 1.29 is 57.8 Å². The molecule has 1 unspecified atom stereocenters. The van der Waals surface area contributed by atoms with Crippen molar-refractivity contribution in [3.8, 4) is 0 Å². The summed E-state index contributed by atoms with van der Waals surface area (Å²) in [6.45, 7) is -0.709. The molecule has 2 atom stereocenters. The van der Waals surface area contributed by atoms with Gasteiger partial charge >= 0.3 is 28.0 Å². The zero-order valence-corrected chi connectivity index (χ0v) is 19.9. The van der Waals surface area contributed by atoms with E-state index in [2.05, 4.69) is 9.84 Å². The first-order valence-corrected chi connectivity index (χ1v) is 12.3. The van der Waals surface area contributed by atoms with Gasteiger partial charge in [0.05, 0.1) is 6.61 Å². The highest BCUT2D eigenvalue weighted by molar-refractivity contribution is 7.46. The van der Waals surface area contributed by atoms with Crippen molar-refractivity contribution in [1.29, 1.82) is 0 Å². The lowest BCUT2D eigenvalue weighted by Crippen LogP contribution is -2.42. The lowest BCUT2D eigenvalue weighted by Gasteiger charge is -2.14. The summed E-state index contributed by atoms with van der Waals surface area (Å²) >= 11 is 0. The van der Waals surface area contributed by atoms with E-state index in [1.807, 2.05) is 30.3 Å². The van der Waals surface area contributed by atoms with Gasteiger partial charge in [-0.15, -0.1) is 0 Å². The Morgan fingerprint density at radius 1 is 0.943 bits per heavy atom. The number of phosphoric ester groups is 1. The molecule has 9 N–H and O–H groups in total. The minimum absolute atomic E-state index is 0.259. The monoisotopic (exact) mass is 536 g/mol. The summed E-state index contributed by atoms with van der Waals surface area (Å²) in [5, 5.41) is 19.9. The largest absolute Gasteiger partial charge is 0.480 e. The highest BCUT2D eigenvalue weighted by atomic mass is 31.2. The van der Waals surface area contributed by atoms with Gasteiger partial charge in [-0.25, -0.2) is 9.36 Å². The highest BCUT2D eigenvalue weighted by Crippen LogP contribution is 2.35. The van der Waals surface area contributed by atoms with Crippen LogP contribution in [0.15, 0.2) is 60.7 Å². The number of carbonyl (C=O) groups excluding carboxylic acids is 1. The number of nitrogens with two attached hydrogens (primary N) is 1. The van der Waals surface area contributed by atoms with Crippen LogP contribution in [0.1, 0.15) is 15.9 Å². The van der Waals surface area contributed by atoms with E-state index in [-0.39, 0.29) is 12.3 Å². The third-order valence-electron chi connectivity index (χ3n) is 3.66. The molecule has 0 aliphatic heterocycles. The third-order valence-corrected chi connectivity index (χ3v) is 4.15. The van der Waals surface area contributed by atoms with Crippen molar-refractivity contribution in [2.75, 3.05) is 6.61 Å². The Bertz CT molecular complexity index is 997. The normalized spacial score (nSPS) is 12.2. The Labute approximate surface area is 200 Å². The fourth-order valence-electron chi connectivity index (χ4n) is 2.13. The van der Waals surface area contributed by atoms with Crippen molar-refractivity contribution in [1.82, 2.24) is 5.32 Å². The summed E-state index contributed by atoms with van der Waals surface area (Å²) in [5.41, 5.74) is 6.18. The number of carbonyl (C=O) groups is 3. The number of nitrogens with one attached hydrogen (secondary N) is 1. The lowest BCUT2D eigenvalue weighted by molar-refractivity contribution is -0.140. The fraction of sp³-hybridized carbons (Fsp3) is 0.211. The van der Waals surface area contributed by atoms with E-state index < -0.39 is 46.7 Å². The van der Waals surface area contributed by atoms with E-state index >= 15 is 0 Å². The minimum atomic E-state index is -4.60. The minimum Gasteiger partial charge on any atom is -0.480 e. The molecule has 35 heavy (non-hydrogen) atoms. The Morgan fingerprint density at radius 2 is 1.40 bits per heavy atom.